The van der Waals surface area contributed by atoms with E-state index in [1.165, 1.54) is 17.2 Å². The van der Waals surface area contributed by atoms with Crippen molar-refractivity contribution in [1.82, 2.24) is 4.98 Å². The minimum atomic E-state index is -0.244. The Morgan fingerprint density at radius 3 is 1.89 bits per heavy atom. The van der Waals surface area contributed by atoms with E-state index in [1.54, 1.807) is 12.1 Å². The highest BCUT2D eigenvalue weighted by Crippen LogP contribution is 2.34. The molecule has 0 aliphatic rings. The number of aromatic nitrogens is 1. The lowest BCUT2D eigenvalue weighted by Crippen LogP contribution is -1.92. The van der Waals surface area contributed by atoms with Crippen molar-refractivity contribution in [2.24, 2.45) is 0 Å². The van der Waals surface area contributed by atoms with Gasteiger partial charge in [-0.25, -0.2) is 4.39 Å². The van der Waals surface area contributed by atoms with Crippen molar-refractivity contribution >= 4 is 0 Å². The zero-order valence-electron chi connectivity index (χ0n) is 15.4. The number of rotatable bonds is 3. The van der Waals surface area contributed by atoms with Crippen LogP contribution in [0.1, 0.15) is 11.1 Å². The number of hydrogen-bond donors (Lipinski definition) is 0. The largest absolute Gasteiger partial charge is 0.255 e. The lowest BCUT2D eigenvalue weighted by atomic mass is 9.95. The molecule has 0 radical (unpaired) electrons. The van der Waals surface area contributed by atoms with Gasteiger partial charge in [-0.05, 0) is 43.2 Å². The molecular weight excluding hydrogens is 333 g/mol. The number of hydrogen-bond acceptors (Lipinski definition) is 1. The van der Waals surface area contributed by atoms with Gasteiger partial charge in [0, 0.05) is 22.9 Å². The molecule has 0 aliphatic heterocycles. The van der Waals surface area contributed by atoms with Crippen LogP contribution in [0.5, 0.6) is 0 Å². The van der Waals surface area contributed by atoms with Gasteiger partial charge in [0.2, 0.25) is 0 Å². The molecule has 2 heteroatoms. The van der Waals surface area contributed by atoms with Gasteiger partial charge in [-0.2, -0.15) is 0 Å². The van der Waals surface area contributed by atoms with Crippen molar-refractivity contribution in [2.75, 3.05) is 0 Å². The monoisotopic (exact) mass is 353 g/mol. The van der Waals surface area contributed by atoms with Crippen LogP contribution in [-0.4, -0.2) is 4.98 Å². The van der Waals surface area contributed by atoms with E-state index >= 15 is 0 Å². The van der Waals surface area contributed by atoms with Crippen molar-refractivity contribution in [3.05, 3.63) is 102 Å². The Bertz CT molecular complexity index is 1080. The van der Waals surface area contributed by atoms with E-state index in [1.807, 2.05) is 12.3 Å². The summed E-state index contributed by atoms with van der Waals surface area (Å²) in [5.41, 5.74) is 8.30. The van der Waals surface area contributed by atoms with Gasteiger partial charge in [0.25, 0.3) is 0 Å². The van der Waals surface area contributed by atoms with Crippen LogP contribution in [0.2, 0.25) is 0 Å². The van der Waals surface area contributed by atoms with E-state index in [9.17, 15) is 4.39 Å². The predicted octanol–water partition coefficient (Wildman–Crippen LogP) is 6.84. The van der Waals surface area contributed by atoms with Gasteiger partial charge in [-0.1, -0.05) is 71.8 Å². The van der Waals surface area contributed by atoms with Crippen LogP contribution in [0, 0.1) is 19.7 Å². The molecule has 3 aromatic carbocycles. The molecule has 1 nitrogen and oxygen atoms in total. The highest BCUT2D eigenvalue weighted by molar-refractivity contribution is 5.84. The second kappa shape index (κ2) is 7.16. The Labute approximate surface area is 159 Å². The molecule has 132 valence electrons. The first-order valence-corrected chi connectivity index (χ1v) is 9.00. The number of pyridine rings is 1. The Kier molecular flexibility index (Phi) is 4.55. The number of benzene rings is 3. The SMILES string of the molecule is Cc1ccc(-c2cc(-c3cccc(F)c3)cnc2-c2ccc(C)cc2)cc1. The van der Waals surface area contributed by atoms with Crippen LogP contribution in [0.25, 0.3) is 33.5 Å². The summed E-state index contributed by atoms with van der Waals surface area (Å²) >= 11 is 0. The second-order valence-electron chi connectivity index (χ2n) is 6.86. The summed E-state index contributed by atoms with van der Waals surface area (Å²) in [5.74, 6) is -0.244. The fraction of sp³-hybridized carbons (Fsp3) is 0.0800. The van der Waals surface area contributed by atoms with Crippen molar-refractivity contribution < 1.29 is 4.39 Å². The zero-order valence-corrected chi connectivity index (χ0v) is 15.4. The van der Waals surface area contributed by atoms with Crippen molar-refractivity contribution in [3.63, 3.8) is 0 Å². The van der Waals surface area contributed by atoms with Crippen LogP contribution >= 0.6 is 0 Å². The standard InChI is InChI=1S/C25H20FN/c1-17-6-10-19(11-7-17)24-15-22(21-4-3-5-23(26)14-21)16-27-25(24)20-12-8-18(2)9-13-20/h3-16H,1-2H3. The molecule has 0 bridgehead atoms. The van der Waals surface area contributed by atoms with E-state index < -0.39 is 0 Å². The summed E-state index contributed by atoms with van der Waals surface area (Å²) in [6, 6.07) is 25.5. The molecular formula is C25H20FN. The Hall–Kier alpha value is -3.26. The molecule has 1 heterocycles. The maximum atomic E-state index is 13.7. The fourth-order valence-corrected chi connectivity index (χ4v) is 3.19. The van der Waals surface area contributed by atoms with Gasteiger partial charge in [0.15, 0.2) is 0 Å². The summed E-state index contributed by atoms with van der Waals surface area (Å²) in [4.78, 5) is 4.76. The van der Waals surface area contributed by atoms with Crippen molar-refractivity contribution in [3.8, 4) is 33.5 Å². The molecule has 0 saturated heterocycles. The quantitative estimate of drug-likeness (QED) is 0.393. The van der Waals surface area contributed by atoms with Crippen molar-refractivity contribution in [1.29, 1.82) is 0 Å². The maximum absolute atomic E-state index is 13.7. The molecule has 1 aromatic heterocycles. The molecule has 0 N–H and O–H groups in total. The normalized spacial score (nSPS) is 10.8. The summed E-state index contributed by atoms with van der Waals surface area (Å²) in [6.07, 6.45) is 1.82. The predicted molar refractivity (Wildman–Crippen MR) is 110 cm³/mol. The van der Waals surface area contributed by atoms with Gasteiger partial charge in [-0.15, -0.1) is 0 Å². The van der Waals surface area contributed by atoms with Gasteiger partial charge < -0.3 is 0 Å². The van der Waals surface area contributed by atoms with Crippen LogP contribution in [-0.2, 0) is 0 Å². The minimum Gasteiger partial charge on any atom is -0.255 e. The lowest BCUT2D eigenvalue weighted by Gasteiger charge is -2.13. The first-order chi connectivity index (χ1) is 13.1. The van der Waals surface area contributed by atoms with E-state index in [2.05, 4.69) is 68.4 Å². The molecule has 27 heavy (non-hydrogen) atoms. The van der Waals surface area contributed by atoms with E-state index in [0.29, 0.717) is 0 Å². The second-order valence-corrected chi connectivity index (χ2v) is 6.86. The molecule has 0 fully saturated rings. The highest BCUT2D eigenvalue weighted by Gasteiger charge is 2.12. The Balaban J connectivity index is 1.90. The van der Waals surface area contributed by atoms with E-state index in [0.717, 1.165) is 33.5 Å². The smallest absolute Gasteiger partial charge is 0.123 e. The summed E-state index contributed by atoms with van der Waals surface area (Å²) in [5, 5.41) is 0. The van der Waals surface area contributed by atoms with Gasteiger partial charge in [-0.3, -0.25) is 4.98 Å². The van der Waals surface area contributed by atoms with Crippen LogP contribution in [0.15, 0.2) is 85.1 Å². The molecule has 4 aromatic rings. The van der Waals surface area contributed by atoms with Gasteiger partial charge in [0.1, 0.15) is 5.82 Å². The molecule has 0 aliphatic carbocycles. The minimum absolute atomic E-state index is 0.244. The molecule has 0 unspecified atom stereocenters. The van der Waals surface area contributed by atoms with E-state index in [4.69, 9.17) is 4.98 Å². The number of halogens is 1. The van der Waals surface area contributed by atoms with Crippen LogP contribution in [0.4, 0.5) is 4.39 Å². The summed E-state index contributed by atoms with van der Waals surface area (Å²) < 4.78 is 13.7. The fourth-order valence-electron chi connectivity index (χ4n) is 3.19. The van der Waals surface area contributed by atoms with Crippen molar-refractivity contribution in [2.45, 2.75) is 13.8 Å². The van der Waals surface area contributed by atoms with E-state index in [-0.39, 0.29) is 5.82 Å². The third kappa shape index (κ3) is 3.65. The topological polar surface area (TPSA) is 12.9 Å². The van der Waals surface area contributed by atoms with Gasteiger partial charge in [0.05, 0.1) is 5.69 Å². The third-order valence-corrected chi connectivity index (χ3v) is 4.73. The number of nitrogens with zero attached hydrogens (tertiary/aromatic N) is 1. The average Bonchev–Trinajstić information content (AvgIpc) is 2.69. The maximum Gasteiger partial charge on any atom is 0.123 e. The third-order valence-electron chi connectivity index (χ3n) is 4.73. The Morgan fingerprint density at radius 1 is 0.630 bits per heavy atom. The first kappa shape index (κ1) is 17.2. The summed E-state index contributed by atoms with van der Waals surface area (Å²) in [6.45, 7) is 4.15. The van der Waals surface area contributed by atoms with Crippen LogP contribution in [0.3, 0.4) is 0 Å². The summed E-state index contributed by atoms with van der Waals surface area (Å²) in [7, 11) is 0. The zero-order chi connectivity index (χ0) is 18.8. The Morgan fingerprint density at radius 2 is 1.26 bits per heavy atom. The highest BCUT2D eigenvalue weighted by atomic mass is 19.1. The first-order valence-electron chi connectivity index (χ1n) is 9.00. The molecule has 0 atom stereocenters. The average molecular weight is 353 g/mol. The molecule has 0 amide bonds. The lowest BCUT2D eigenvalue weighted by molar-refractivity contribution is 0.628. The van der Waals surface area contributed by atoms with Crippen LogP contribution < -0.4 is 0 Å². The number of aryl methyl sites for hydroxylation is 2. The molecule has 0 saturated carbocycles. The van der Waals surface area contributed by atoms with Gasteiger partial charge >= 0.3 is 0 Å². The molecule has 0 spiro atoms. The molecule has 4 rings (SSSR count).